The van der Waals surface area contributed by atoms with Gasteiger partial charge >= 0.3 is 0 Å². The van der Waals surface area contributed by atoms with Gasteiger partial charge in [-0.15, -0.1) is 0 Å². The molecule has 5 rings (SSSR count). The average molecular weight is 483 g/mol. The molecule has 1 fully saturated rings. The average Bonchev–Trinajstić information content (AvgIpc) is 3.23. The Kier molecular flexibility index (Phi) is 7.05. The van der Waals surface area contributed by atoms with E-state index >= 15 is 0 Å². The molecule has 1 saturated heterocycles. The summed E-state index contributed by atoms with van der Waals surface area (Å²) in [6.45, 7) is 7.46. The molecule has 186 valence electrons. The van der Waals surface area contributed by atoms with Crippen molar-refractivity contribution < 1.29 is 9.53 Å². The van der Waals surface area contributed by atoms with Crippen LogP contribution in [0.25, 0.3) is 11.0 Å². The lowest BCUT2D eigenvalue weighted by atomic mass is 9.95. The van der Waals surface area contributed by atoms with Crippen molar-refractivity contribution in [3.63, 3.8) is 0 Å². The molecule has 36 heavy (non-hydrogen) atoms. The summed E-state index contributed by atoms with van der Waals surface area (Å²) in [5.74, 6) is 2.09. The number of carbonyl (C=O) groups excluding carboxylic acids is 1. The highest BCUT2D eigenvalue weighted by molar-refractivity contribution is 5.92. The Bertz CT molecular complexity index is 1350. The third-order valence-corrected chi connectivity index (χ3v) is 7.33. The van der Waals surface area contributed by atoms with Crippen LogP contribution in [-0.4, -0.2) is 40.6 Å². The number of hydrogen-bond donors (Lipinski definition) is 1. The number of nitrogens with zero attached hydrogens (tertiary/aromatic N) is 3. The van der Waals surface area contributed by atoms with Crippen LogP contribution in [0, 0.1) is 19.8 Å². The molecule has 1 aromatic heterocycles. The molecule has 6 nitrogen and oxygen atoms in total. The molecule has 0 saturated carbocycles. The number of imidazole rings is 1. The normalized spacial score (nSPS) is 14.8. The van der Waals surface area contributed by atoms with Gasteiger partial charge in [-0.05, 0) is 92.9 Å². The van der Waals surface area contributed by atoms with Gasteiger partial charge in [0.25, 0.3) is 0 Å². The zero-order valence-corrected chi connectivity index (χ0v) is 21.3. The van der Waals surface area contributed by atoms with Gasteiger partial charge in [-0.1, -0.05) is 30.3 Å². The number of ether oxygens (including phenoxy) is 1. The number of aryl methyl sites for hydroxylation is 2. The lowest BCUT2D eigenvalue weighted by Crippen LogP contribution is -2.38. The first-order valence-electron chi connectivity index (χ1n) is 12.7. The summed E-state index contributed by atoms with van der Waals surface area (Å²) in [7, 11) is 1.69. The fraction of sp³-hybridized carbons (Fsp3) is 0.333. The molecule has 0 aliphatic carbocycles. The van der Waals surface area contributed by atoms with Crippen molar-refractivity contribution >= 4 is 22.6 Å². The van der Waals surface area contributed by atoms with Gasteiger partial charge in [0.05, 0.1) is 24.7 Å². The monoisotopic (exact) mass is 482 g/mol. The van der Waals surface area contributed by atoms with Crippen molar-refractivity contribution in [2.45, 2.75) is 39.8 Å². The first-order valence-corrected chi connectivity index (χ1v) is 12.7. The van der Waals surface area contributed by atoms with E-state index in [1.807, 2.05) is 24.3 Å². The Balaban J connectivity index is 1.25. The SMILES string of the molecule is COc1ccc(Cn2c(CN3CCC(C(=O)Nc4ccc(C)c(C)c4)CC3)nc3ccccc32)cc1. The van der Waals surface area contributed by atoms with E-state index in [2.05, 4.69) is 71.1 Å². The number of methoxy groups -OCH3 is 1. The molecule has 0 unspecified atom stereocenters. The largest absolute Gasteiger partial charge is 0.497 e. The summed E-state index contributed by atoms with van der Waals surface area (Å²) in [5.41, 5.74) is 6.69. The number of hydrogen-bond acceptors (Lipinski definition) is 4. The fourth-order valence-corrected chi connectivity index (χ4v) is 4.95. The molecule has 0 spiro atoms. The van der Waals surface area contributed by atoms with Gasteiger partial charge in [0.1, 0.15) is 11.6 Å². The van der Waals surface area contributed by atoms with Gasteiger partial charge in [0, 0.05) is 18.2 Å². The Hall–Kier alpha value is -3.64. The molecular formula is C30H34N4O2. The van der Waals surface area contributed by atoms with Crippen molar-refractivity contribution in [2.24, 2.45) is 5.92 Å². The third kappa shape index (κ3) is 5.29. The molecule has 1 amide bonds. The Labute approximate surface area is 212 Å². The molecule has 0 atom stereocenters. The van der Waals surface area contributed by atoms with E-state index in [-0.39, 0.29) is 11.8 Å². The molecule has 1 N–H and O–H groups in total. The number of likely N-dealkylation sites (tertiary alicyclic amines) is 1. The summed E-state index contributed by atoms with van der Waals surface area (Å²) in [6, 6.07) is 22.6. The lowest BCUT2D eigenvalue weighted by Gasteiger charge is -2.31. The van der Waals surface area contributed by atoms with E-state index in [4.69, 9.17) is 9.72 Å². The Morgan fingerprint density at radius 3 is 2.44 bits per heavy atom. The van der Waals surface area contributed by atoms with E-state index < -0.39 is 0 Å². The van der Waals surface area contributed by atoms with Crippen LogP contribution in [0.2, 0.25) is 0 Å². The predicted octanol–water partition coefficient (Wildman–Crippen LogP) is 5.56. The second-order valence-electron chi connectivity index (χ2n) is 9.79. The molecule has 1 aliphatic rings. The van der Waals surface area contributed by atoms with Crippen LogP contribution in [-0.2, 0) is 17.9 Å². The topological polar surface area (TPSA) is 59.4 Å². The minimum Gasteiger partial charge on any atom is -0.497 e. The smallest absolute Gasteiger partial charge is 0.227 e. The van der Waals surface area contributed by atoms with E-state index in [0.717, 1.165) is 67.3 Å². The number of rotatable bonds is 7. The fourth-order valence-electron chi connectivity index (χ4n) is 4.95. The number of aromatic nitrogens is 2. The number of piperidine rings is 1. The zero-order chi connectivity index (χ0) is 25.1. The number of nitrogens with one attached hydrogen (secondary N) is 1. The zero-order valence-electron chi connectivity index (χ0n) is 21.3. The van der Waals surface area contributed by atoms with Gasteiger partial charge in [0.15, 0.2) is 0 Å². The highest BCUT2D eigenvalue weighted by Crippen LogP contribution is 2.24. The van der Waals surface area contributed by atoms with Gasteiger partial charge in [-0.3, -0.25) is 9.69 Å². The number of benzene rings is 3. The summed E-state index contributed by atoms with van der Waals surface area (Å²) in [6.07, 6.45) is 1.71. The maximum atomic E-state index is 12.9. The first-order chi connectivity index (χ1) is 17.5. The number of anilines is 1. The summed E-state index contributed by atoms with van der Waals surface area (Å²) in [4.78, 5) is 20.3. The van der Waals surface area contributed by atoms with Crippen LogP contribution in [0.15, 0.2) is 66.7 Å². The van der Waals surface area contributed by atoms with Crippen molar-refractivity contribution in [1.82, 2.24) is 14.5 Å². The van der Waals surface area contributed by atoms with Crippen LogP contribution >= 0.6 is 0 Å². The standard InChI is InChI=1S/C30H34N4O2/c1-21-8-11-25(18-22(21)2)31-30(35)24-14-16-33(17-15-24)20-29-32-27-6-4-5-7-28(27)34(29)19-23-9-12-26(36-3)13-10-23/h4-13,18,24H,14-17,19-20H2,1-3H3,(H,31,35). The van der Waals surface area contributed by atoms with E-state index in [9.17, 15) is 4.79 Å². The van der Waals surface area contributed by atoms with Crippen molar-refractivity contribution in [2.75, 3.05) is 25.5 Å². The minimum atomic E-state index is 0.0426. The van der Waals surface area contributed by atoms with Crippen LogP contribution in [0.3, 0.4) is 0 Å². The molecule has 0 radical (unpaired) electrons. The van der Waals surface area contributed by atoms with Crippen molar-refractivity contribution in [1.29, 1.82) is 0 Å². The minimum absolute atomic E-state index is 0.0426. The molecular weight excluding hydrogens is 448 g/mol. The van der Waals surface area contributed by atoms with E-state index in [1.165, 1.54) is 16.7 Å². The highest BCUT2D eigenvalue weighted by atomic mass is 16.5. The Morgan fingerprint density at radius 2 is 1.72 bits per heavy atom. The van der Waals surface area contributed by atoms with Crippen LogP contribution < -0.4 is 10.1 Å². The summed E-state index contributed by atoms with van der Waals surface area (Å²) in [5, 5.41) is 3.12. The third-order valence-electron chi connectivity index (χ3n) is 7.33. The van der Waals surface area contributed by atoms with E-state index in [1.54, 1.807) is 7.11 Å². The van der Waals surface area contributed by atoms with Gasteiger partial charge in [-0.2, -0.15) is 0 Å². The van der Waals surface area contributed by atoms with Gasteiger partial charge in [0.2, 0.25) is 5.91 Å². The van der Waals surface area contributed by atoms with Crippen molar-refractivity contribution in [3.05, 3.63) is 89.2 Å². The molecule has 0 bridgehead atoms. The number of carbonyl (C=O) groups is 1. The lowest BCUT2D eigenvalue weighted by molar-refractivity contribution is -0.121. The number of amides is 1. The number of para-hydroxylation sites is 2. The maximum absolute atomic E-state index is 12.9. The molecule has 1 aliphatic heterocycles. The van der Waals surface area contributed by atoms with Gasteiger partial charge in [-0.25, -0.2) is 4.98 Å². The Morgan fingerprint density at radius 1 is 0.972 bits per heavy atom. The highest BCUT2D eigenvalue weighted by Gasteiger charge is 2.26. The predicted molar refractivity (Wildman–Crippen MR) is 144 cm³/mol. The second-order valence-corrected chi connectivity index (χ2v) is 9.79. The maximum Gasteiger partial charge on any atom is 0.227 e. The molecule has 3 aromatic carbocycles. The van der Waals surface area contributed by atoms with Gasteiger partial charge < -0.3 is 14.6 Å². The summed E-state index contributed by atoms with van der Waals surface area (Å²) >= 11 is 0. The summed E-state index contributed by atoms with van der Waals surface area (Å²) < 4.78 is 7.63. The second kappa shape index (κ2) is 10.5. The molecule has 4 aromatic rings. The molecule has 2 heterocycles. The van der Waals surface area contributed by atoms with Crippen molar-refractivity contribution in [3.8, 4) is 5.75 Å². The molecule has 6 heteroatoms. The van der Waals surface area contributed by atoms with E-state index in [0.29, 0.717) is 0 Å². The quantitative estimate of drug-likeness (QED) is 0.375. The van der Waals surface area contributed by atoms with Crippen LogP contribution in [0.1, 0.15) is 35.4 Å². The number of fused-ring (bicyclic) bond motifs is 1. The van der Waals surface area contributed by atoms with Crippen LogP contribution in [0.5, 0.6) is 5.75 Å². The first kappa shape index (κ1) is 24.1. The van der Waals surface area contributed by atoms with Crippen LogP contribution in [0.4, 0.5) is 5.69 Å².